The average molecular weight is 140 g/mol. The zero-order valence-electron chi connectivity index (χ0n) is 6.71. The zero-order chi connectivity index (χ0) is 7.23. The van der Waals surface area contributed by atoms with Crippen molar-refractivity contribution in [2.45, 2.75) is 32.6 Å². The van der Waals surface area contributed by atoms with Crippen LogP contribution in [0.5, 0.6) is 0 Å². The molecule has 1 aliphatic heterocycles. The molecule has 0 atom stereocenters. The Labute approximate surface area is 62.9 Å². The van der Waals surface area contributed by atoms with Crippen LogP contribution in [0.4, 0.5) is 0 Å². The molecule has 0 N–H and O–H groups in total. The van der Waals surface area contributed by atoms with E-state index in [0.717, 1.165) is 13.1 Å². The molecule has 0 spiro atoms. The molecule has 58 valence electrons. The summed E-state index contributed by atoms with van der Waals surface area (Å²) >= 11 is 0. The molecule has 0 amide bonds. The third kappa shape index (κ3) is 2.38. The van der Waals surface area contributed by atoms with Crippen molar-refractivity contribution >= 4 is 6.21 Å². The maximum atomic E-state index is 4.25. The minimum absolute atomic E-state index is 1.16. The Bertz CT molecular complexity index is 102. The molecule has 1 fully saturated rings. The number of hydrogen-bond acceptors (Lipinski definition) is 2. The molecule has 0 unspecified atom stereocenters. The van der Waals surface area contributed by atoms with E-state index < -0.39 is 0 Å². The molecule has 1 rings (SSSR count). The molecule has 0 bridgehead atoms. The van der Waals surface area contributed by atoms with Gasteiger partial charge in [0.05, 0.1) is 0 Å². The first kappa shape index (κ1) is 7.58. The van der Waals surface area contributed by atoms with E-state index in [1.165, 1.54) is 25.7 Å². The summed E-state index contributed by atoms with van der Waals surface area (Å²) in [5, 5.41) is 6.43. The molecule has 0 aromatic heterocycles. The van der Waals surface area contributed by atoms with Gasteiger partial charge in [0.1, 0.15) is 0 Å². The van der Waals surface area contributed by atoms with Gasteiger partial charge in [0.25, 0.3) is 0 Å². The molecule has 1 heterocycles. The van der Waals surface area contributed by atoms with Crippen molar-refractivity contribution in [2.75, 3.05) is 13.1 Å². The van der Waals surface area contributed by atoms with Crippen molar-refractivity contribution in [2.24, 2.45) is 5.10 Å². The summed E-state index contributed by atoms with van der Waals surface area (Å²) in [6, 6.07) is 0. The standard InChI is InChI=1S/C8H16N2/c1-2-9-10-7-5-3-4-6-8-10/h2H,3-8H2,1H3/b9-2+. The molecule has 2 nitrogen and oxygen atoms in total. The van der Waals surface area contributed by atoms with Gasteiger partial charge in [-0.15, -0.1) is 0 Å². The van der Waals surface area contributed by atoms with Gasteiger partial charge < -0.3 is 0 Å². The Morgan fingerprint density at radius 2 is 1.70 bits per heavy atom. The maximum absolute atomic E-state index is 4.25. The van der Waals surface area contributed by atoms with Gasteiger partial charge in [-0.2, -0.15) is 5.10 Å². The van der Waals surface area contributed by atoms with Gasteiger partial charge in [0.2, 0.25) is 0 Å². The first-order valence-corrected chi connectivity index (χ1v) is 4.17. The minimum Gasteiger partial charge on any atom is -0.297 e. The predicted molar refractivity (Wildman–Crippen MR) is 44.2 cm³/mol. The average Bonchev–Trinajstić information content (AvgIpc) is 2.17. The highest BCUT2D eigenvalue weighted by Gasteiger charge is 2.03. The molecule has 0 aliphatic carbocycles. The van der Waals surface area contributed by atoms with Crippen LogP contribution in [-0.2, 0) is 0 Å². The van der Waals surface area contributed by atoms with Crippen LogP contribution < -0.4 is 0 Å². The summed E-state index contributed by atoms with van der Waals surface area (Å²) in [7, 11) is 0. The lowest BCUT2D eigenvalue weighted by Gasteiger charge is -2.14. The first-order chi connectivity index (χ1) is 4.93. The van der Waals surface area contributed by atoms with Crippen LogP contribution in [0, 0.1) is 0 Å². The SMILES string of the molecule is C/C=N/N1CCCCCC1. The smallest absolute Gasteiger partial charge is 0.0360 e. The Hall–Kier alpha value is -0.530. The van der Waals surface area contributed by atoms with E-state index >= 15 is 0 Å². The summed E-state index contributed by atoms with van der Waals surface area (Å²) in [5.74, 6) is 0. The van der Waals surface area contributed by atoms with Gasteiger partial charge in [0.15, 0.2) is 0 Å². The highest BCUT2D eigenvalue weighted by atomic mass is 15.4. The van der Waals surface area contributed by atoms with E-state index in [2.05, 4.69) is 10.1 Å². The van der Waals surface area contributed by atoms with Crippen molar-refractivity contribution in [3.8, 4) is 0 Å². The number of nitrogens with zero attached hydrogens (tertiary/aromatic N) is 2. The van der Waals surface area contributed by atoms with Gasteiger partial charge in [0, 0.05) is 19.3 Å². The molecular weight excluding hydrogens is 124 g/mol. The van der Waals surface area contributed by atoms with Crippen LogP contribution in [-0.4, -0.2) is 24.3 Å². The normalized spacial score (nSPS) is 21.5. The Morgan fingerprint density at radius 1 is 1.10 bits per heavy atom. The van der Waals surface area contributed by atoms with Gasteiger partial charge in [-0.3, -0.25) is 5.01 Å². The van der Waals surface area contributed by atoms with Crippen LogP contribution in [0.1, 0.15) is 32.6 Å². The van der Waals surface area contributed by atoms with Crippen molar-refractivity contribution < 1.29 is 0 Å². The highest BCUT2D eigenvalue weighted by molar-refractivity contribution is 5.52. The van der Waals surface area contributed by atoms with E-state index in [9.17, 15) is 0 Å². The molecule has 2 heteroatoms. The van der Waals surface area contributed by atoms with Gasteiger partial charge in [-0.1, -0.05) is 12.8 Å². The summed E-state index contributed by atoms with van der Waals surface area (Å²) in [5.41, 5.74) is 0. The summed E-state index contributed by atoms with van der Waals surface area (Å²) in [6.45, 7) is 4.29. The Morgan fingerprint density at radius 3 is 2.20 bits per heavy atom. The third-order valence-corrected chi connectivity index (χ3v) is 1.86. The lowest BCUT2D eigenvalue weighted by atomic mass is 10.2. The molecule has 1 aliphatic rings. The van der Waals surface area contributed by atoms with Crippen LogP contribution >= 0.6 is 0 Å². The molecule has 0 aromatic rings. The van der Waals surface area contributed by atoms with E-state index in [1.54, 1.807) is 0 Å². The monoisotopic (exact) mass is 140 g/mol. The molecular formula is C8H16N2. The van der Waals surface area contributed by atoms with Crippen molar-refractivity contribution in [3.63, 3.8) is 0 Å². The third-order valence-electron chi connectivity index (χ3n) is 1.86. The van der Waals surface area contributed by atoms with Crippen LogP contribution in [0.2, 0.25) is 0 Å². The fourth-order valence-electron chi connectivity index (χ4n) is 1.33. The maximum Gasteiger partial charge on any atom is 0.0360 e. The summed E-state index contributed by atoms with van der Waals surface area (Å²) < 4.78 is 0. The van der Waals surface area contributed by atoms with Crippen molar-refractivity contribution in [3.05, 3.63) is 0 Å². The first-order valence-electron chi connectivity index (χ1n) is 4.17. The fraction of sp³-hybridized carbons (Fsp3) is 0.875. The lowest BCUT2D eigenvalue weighted by molar-refractivity contribution is 0.302. The molecule has 0 saturated carbocycles. The second kappa shape index (κ2) is 4.31. The van der Waals surface area contributed by atoms with E-state index in [-0.39, 0.29) is 0 Å². The minimum atomic E-state index is 1.16. The Kier molecular flexibility index (Phi) is 3.27. The van der Waals surface area contributed by atoms with Gasteiger partial charge in [-0.05, 0) is 19.8 Å². The summed E-state index contributed by atoms with van der Waals surface area (Å²) in [4.78, 5) is 0. The van der Waals surface area contributed by atoms with Crippen molar-refractivity contribution in [1.82, 2.24) is 5.01 Å². The van der Waals surface area contributed by atoms with Crippen LogP contribution in [0.15, 0.2) is 5.10 Å². The quantitative estimate of drug-likeness (QED) is 0.508. The van der Waals surface area contributed by atoms with Crippen LogP contribution in [0.25, 0.3) is 0 Å². The predicted octanol–water partition coefficient (Wildman–Crippen LogP) is 1.87. The molecule has 0 radical (unpaired) electrons. The lowest BCUT2D eigenvalue weighted by Crippen LogP contribution is -2.17. The topological polar surface area (TPSA) is 15.6 Å². The number of hydrogen-bond donors (Lipinski definition) is 0. The van der Waals surface area contributed by atoms with E-state index in [4.69, 9.17) is 0 Å². The molecule has 10 heavy (non-hydrogen) atoms. The van der Waals surface area contributed by atoms with Crippen molar-refractivity contribution in [1.29, 1.82) is 0 Å². The number of hydrazone groups is 1. The highest BCUT2D eigenvalue weighted by Crippen LogP contribution is 2.08. The van der Waals surface area contributed by atoms with E-state index in [0.29, 0.717) is 0 Å². The Balaban J connectivity index is 2.28. The van der Waals surface area contributed by atoms with Gasteiger partial charge >= 0.3 is 0 Å². The largest absolute Gasteiger partial charge is 0.297 e. The summed E-state index contributed by atoms with van der Waals surface area (Å²) in [6.07, 6.45) is 7.28. The zero-order valence-corrected chi connectivity index (χ0v) is 6.71. The second-order valence-electron chi connectivity index (χ2n) is 2.74. The number of rotatable bonds is 1. The second-order valence-corrected chi connectivity index (χ2v) is 2.74. The van der Waals surface area contributed by atoms with Crippen LogP contribution in [0.3, 0.4) is 0 Å². The van der Waals surface area contributed by atoms with Gasteiger partial charge in [-0.25, -0.2) is 0 Å². The molecule has 1 saturated heterocycles. The van der Waals surface area contributed by atoms with E-state index in [1.807, 2.05) is 13.1 Å². The fourth-order valence-corrected chi connectivity index (χ4v) is 1.33. The molecule has 0 aromatic carbocycles.